The van der Waals surface area contributed by atoms with Crippen molar-refractivity contribution in [2.45, 2.75) is 6.54 Å². The van der Waals surface area contributed by atoms with Gasteiger partial charge in [-0.2, -0.15) is 5.21 Å². The normalized spacial score (nSPS) is 9.60. The number of hydrogen-bond acceptors (Lipinski definition) is 5. The Kier molecular flexibility index (Phi) is 2.62. The molecule has 1 N–H and O–H groups in total. The van der Waals surface area contributed by atoms with Gasteiger partial charge in [0, 0.05) is 5.56 Å². The van der Waals surface area contributed by atoms with Crippen molar-refractivity contribution in [1.29, 1.82) is 0 Å². The summed E-state index contributed by atoms with van der Waals surface area (Å²) in [6.07, 6.45) is 1.50. The first-order chi connectivity index (χ1) is 7.40. The molecule has 1 aromatic carbocycles. The van der Waals surface area contributed by atoms with Gasteiger partial charge in [-0.25, -0.2) is 9.79 Å². The number of nitrogens with one attached hydrogen (secondary N) is 1. The lowest BCUT2D eigenvalue weighted by Crippen LogP contribution is -1.85. The van der Waals surface area contributed by atoms with E-state index in [1.165, 1.54) is 6.08 Å². The van der Waals surface area contributed by atoms with Crippen LogP contribution in [0.25, 0.3) is 11.4 Å². The summed E-state index contributed by atoms with van der Waals surface area (Å²) >= 11 is 0. The molecule has 0 aliphatic rings. The van der Waals surface area contributed by atoms with E-state index in [1.54, 1.807) is 0 Å². The number of aromatic amines is 1. The van der Waals surface area contributed by atoms with Crippen molar-refractivity contribution in [2.24, 2.45) is 4.99 Å². The molecular weight excluding hydrogens is 194 g/mol. The van der Waals surface area contributed by atoms with Crippen LogP contribution in [0.4, 0.5) is 0 Å². The fourth-order valence-electron chi connectivity index (χ4n) is 1.22. The lowest BCUT2D eigenvalue weighted by atomic mass is 10.1. The van der Waals surface area contributed by atoms with Crippen molar-refractivity contribution >= 4 is 6.08 Å². The third-order valence-corrected chi connectivity index (χ3v) is 1.86. The number of hydrogen-bond donors (Lipinski definition) is 1. The number of aromatic nitrogens is 4. The molecule has 0 bridgehead atoms. The zero-order chi connectivity index (χ0) is 10.5. The van der Waals surface area contributed by atoms with Crippen LogP contribution in [-0.4, -0.2) is 26.7 Å². The van der Waals surface area contributed by atoms with Crippen LogP contribution in [0.3, 0.4) is 0 Å². The minimum Gasteiger partial charge on any atom is -0.211 e. The number of isocyanates is 1. The number of nitrogens with zero attached hydrogens (tertiary/aromatic N) is 4. The van der Waals surface area contributed by atoms with Crippen molar-refractivity contribution in [3.05, 3.63) is 29.8 Å². The zero-order valence-corrected chi connectivity index (χ0v) is 7.71. The van der Waals surface area contributed by atoms with Crippen LogP contribution in [0.1, 0.15) is 5.56 Å². The molecule has 0 aliphatic heterocycles. The summed E-state index contributed by atoms with van der Waals surface area (Å²) in [7, 11) is 0. The molecule has 0 unspecified atom stereocenters. The molecule has 15 heavy (non-hydrogen) atoms. The number of tetrazole rings is 1. The molecule has 0 radical (unpaired) electrons. The van der Waals surface area contributed by atoms with E-state index in [2.05, 4.69) is 25.6 Å². The summed E-state index contributed by atoms with van der Waals surface area (Å²) in [5, 5.41) is 13.5. The van der Waals surface area contributed by atoms with Gasteiger partial charge in [-0.3, -0.25) is 0 Å². The third kappa shape index (κ3) is 2.12. The lowest BCUT2D eigenvalue weighted by Gasteiger charge is -1.97. The predicted molar refractivity (Wildman–Crippen MR) is 51.4 cm³/mol. The molecule has 0 atom stereocenters. The molecule has 74 valence electrons. The molecule has 2 aromatic rings. The van der Waals surface area contributed by atoms with Crippen molar-refractivity contribution in [3.8, 4) is 11.4 Å². The zero-order valence-electron chi connectivity index (χ0n) is 7.71. The number of H-pyrrole nitrogens is 1. The average molecular weight is 201 g/mol. The molecule has 2 rings (SSSR count). The molecule has 0 aliphatic carbocycles. The first kappa shape index (κ1) is 9.23. The van der Waals surface area contributed by atoms with Gasteiger partial charge in [0.25, 0.3) is 0 Å². The van der Waals surface area contributed by atoms with Gasteiger partial charge in [0.15, 0.2) is 0 Å². The second-order valence-corrected chi connectivity index (χ2v) is 2.84. The summed E-state index contributed by atoms with van der Waals surface area (Å²) in [4.78, 5) is 13.5. The Balaban J connectivity index is 2.30. The second-order valence-electron chi connectivity index (χ2n) is 2.84. The Bertz CT molecular complexity index is 487. The molecule has 0 saturated carbocycles. The highest BCUT2D eigenvalue weighted by Crippen LogP contribution is 2.15. The molecule has 1 heterocycles. The lowest BCUT2D eigenvalue weighted by molar-refractivity contribution is 0.563. The van der Waals surface area contributed by atoms with Crippen LogP contribution in [0, 0.1) is 0 Å². The Morgan fingerprint density at radius 1 is 1.47 bits per heavy atom. The first-order valence-corrected chi connectivity index (χ1v) is 4.26. The van der Waals surface area contributed by atoms with E-state index in [9.17, 15) is 4.79 Å². The van der Waals surface area contributed by atoms with Gasteiger partial charge < -0.3 is 0 Å². The smallest absolute Gasteiger partial charge is 0.211 e. The summed E-state index contributed by atoms with van der Waals surface area (Å²) in [5.41, 5.74) is 1.74. The van der Waals surface area contributed by atoms with Crippen LogP contribution in [-0.2, 0) is 11.3 Å². The standard InChI is InChI=1S/C9H7N5O/c15-6-10-5-7-2-1-3-8(4-7)9-11-13-14-12-9/h1-4H,5H2,(H,11,12,13,14). The number of carbonyl (C=O) groups excluding carboxylic acids is 1. The van der Waals surface area contributed by atoms with E-state index in [0.717, 1.165) is 11.1 Å². The number of aliphatic imine (C=N–C) groups is 1. The number of benzene rings is 1. The van der Waals surface area contributed by atoms with Gasteiger partial charge in [0.05, 0.1) is 6.54 Å². The highest BCUT2D eigenvalue weighted by molar-refractivity contribution is 5.54. The van der Waals surface area contributed by atoms with Crippen LogP contribution in [0.2, 0.25) is 0 Å². The first-order valence-electron chi connectivity index (χ1n) is 4.26. The maximum atomic E-state index is 9.96. The van der Waals surface area contributed by atoms with Gasteiger partial charge in [-0.15, -0.1) is 10.2 Å². The van der Waals surface area contributed by atoms with E-state index >= 15 is 0 Å². The largest absolute Gasteiger partial charge is 0.235 e. The van der Waals surface area contributed by atoms with E-state index in [0.29, 0.717) is 12.4 Å². The molecule has 0 fully saturated rings. The maximum absolute atomic E-state index is 9.96. The Morgan fingerprint density at radius 3 is 3.13 bits per heavy atom. The topological polar surface area (TPSA) is 83.9 Å². The maximum Gasteiger partial charge on any atom is 0.235 e. The molecule has 6 heteroatoms. The predicted octanol–water partition coefficient (Wildman–Crippen LogP) is 0.702. The highest BCUT2D eigenvalue weighted by Gasteiger charge is 2.02. The van der Waals surface area contributed by atoms with Gasteiger partial charge in [-0.1, -0.05) is 18.2 Å². The van der Waals surface area contributed by atoms with Gasteiger partial charge >= 0.3 is 0 Å². The molecule has 0 spiro atoms. The molecule has 1 aromatic heterocycles. The molecule has 0 amide bonds. The average Bonchev–Trinajstić information content (AvgIpc) is 2.80. The van der Waals surface area contributed by atoms with Gasteiger partial charge in [-0.05, 0) is 16.8 Å². The minimum atomic E-state index is 0.315. The van der Waals surface area contributed by atoms with E-state index in [4.69, 9.17) is 0 Å². The summed E-state index contributed by atoms with van der Waals surface area (Å²) in [6, 6.07) is 7.43. The Labute approximate surface area is 85.0 Å². The van der Waals surface area contributed by atoms with Gasteiger partial charge in [0.2, 0.25) is 11.9 Å². The Morgan fingerprint density at radius 2 is 2.40 bits per heavy atom. The van der Waals surface area contributed by atoms with E-state index < -0.39 is 0 Å². The number of rotatable bonds is 3. The van der Waals surface area contributed by atoms with Crippen LogP contribution >= 0.6 is 0 Å². The SMILES string of the molecule is O=C=NCc1cccc(-c2nn[nH]n2)c1. The third-order valence-electron chi connectivity index (χ3n) is 1.86. The quantitative estimate of drug-likeness (QED) is 0.585. The molecule has 0 saturated heterocycles. The second kappa shape index (κ2) is 4.26. The van der Waals surface area contributed by atoms with E-state index in [-0.39, 0.29) is 0 Å². The van der Waals surface area contributed by atoms with Crippen LogP contribution < -0.4 is 0 Å². The monoisotopic (exact) mass is 201 g/mol. The summed E-state index contributed by atoms with van der Waals surface area (Å²) in [6.45, 7) is 0.315. The van der Waals surface area contributed by atoms with Crippen molar-refractivity contribution in [1.82, 2.24) is 20.6 Å². The van der Waals surface area contributed by atoms with Crippen LogP contribution in [0.15, 0.2) is 29.3 Å². The van der Waals surface area contributed by atoms with Crippen LogP contribution in [0.5, 0.6) is 0 Å². The van der Waals surface area contributed by atoms with Gasteiger partial charge in [0.1, 0.15) is 0 Å². The fraction of sp³-hybridized carbons (Fsp3) is 0.111. The van der Waals surface area contributed by atoms with E-state index in [1.807, 2.05) is 24.3 Å². The molecular formula is C9H7N5O. The summed E-state index contributed by atoms with van der Waals surface area (Å²) < 4.78 is 0. The van der Waals surface area contributed by atoms with Crippen molar-refractivity contribution < 1.29 is 4.79 Å². The summed E-state index contributed by atoms with van der Waals surface area (Å²) in [5.74, 6) is 0.520. The Hall–Kier alpha value is -2.33. The van der Waals surface area contributed by atoms with Crippen molar-refractivity contribution in [2.75, 3.05) is 0 Å². The highest BCUT2D eigenvalue weighted by atomic mass is 16.1. The molecule has 6 nitrogen and oxygen atoms in total. The minimum absolute atomic E-state index is 0.315. The fourth-order valence-corrected chi connectivity index (χ4v) is 1.22. The van der Waals surface area contributed by atoms with Crippen molar-refractivity contribution in [3.63, 3.8) is 0 Å².